The molecule has 7 nitrogen and oxygen atoms in total. The van der Waals surface area contributed by atoms with E-state index in [0.29, 0.717) is 31.8 Å². The summed E-state index contributed by atoms with van der Waals surface area (Å²) in [5, 5.41) is -0.609. The van der Waals surface area contributed by atoms with Crippen LogP contribution in [-0.2, 0) is 14.8 Å². The summed E-state index contributed by atoms with van der Waals surface area (Å²) in [6, 6.07) is 4.35. The molecule has 0 aromatic heterocycles. The topological polar surface area (TPSA) is 87.7 Å². The summed E-state index contributed by atoms with van der Waals surface area (Å²) in [5.74, 6) is -1.50. The monoisotopic (exact) mass is 349 g/mol. The maximum Gasteiger partial charge on any atom is 0.269 e. The SMILES string of the molecule is COCCN1CC(S(=O)(=O)NNC(=O)c2cccc(C)c2F)C1.[HH].[HH]. The van der Waals surface area contributed by atoms with Gasteiger partial charge in [0.15, 0.2) is 0 Å². The van der Waals surface area contributed by atoms with Gasteiger partial charge in [-0.25, -0.2) is 12.8 Å². The smallest absolute Gasteiger partial charge is 0.269 e. The van der Waals surface area contributed by atoms with Crippen molar-refractivity contribution in [3.8, 4) is 0 Å². The van der Waals surface area contributed by atoms with Crippen molar-refractivity contribution in [1.29, 1.82) is 0 Å². The number of nitrogens with one attached hydrogen (secondary N) is 2. The van der Waals surface area contributed by atoms with E-state index >= 15 is 0 Å². The van der Waals surface area contributed by atoms with E-state index in [1.165, 1.54) is 25.1 Å². The van der Waals surface area contributed by atoms with Gasteiger partial charge in [-0.2, -0.15) is 0 Å². The largest absolute Gasteiger partial charge is 0.383 e. The number of ether oxygens (including phenoxy) is 1. The summed E-state index contributed by atoms with van der Waals surface area (Å²) in [5.41, 5.74) is 2.16. The predicted molar refractivity (Wildman–Crippen MR) is 87.0 cm³/mol. The van der Waals surface area contributed by atoms with Crippen molar-refractivity contribution in [2.45, 2.75) is 12.2 Å². The molecule has 0 bridgehead atoms. The van der Waals surface area contributed by atoms with Crippen LogP contribution in [0.1, 0.15) is 18.8 Å². The fourth-order valence-corrected chi connectivity index (χ4v) is 3.43. The number of likely N-dealkylation sites (tertiary alicyclic amines) is 1. The maximum absolute atomic E-state index is 13.8. The van der Waals surface area contributed by atoms with Gasteiger partial charge in [0.1, 0.15) is 11.1 Å². The van der Waals surface area contributed by atoms with Crippen LogP contribution in [0.3, 0.4) is 0 Å². The zero-order chi connectivity index (χ0) is 17.0. The normalized spacial score (nSPS) is 16.1. The average Bonchev–Trinajstić information content (AvgIpc) is 2.46. The van der Waals surface area contributed by atoms with E-state index < -0.39 is 27.0 Å². The molecule has 0 spiro atoms. The number of benzene rings is 1. The van der Waals surface area contributed by atoms with E-state index in [9.17, 15) is 17.6 Å². The van der Waals surface area contributed by atoms with Crippen molar-refractivity contribution < 1.29 is 25.2 Å². The maximum atomic E-state index is 13.8. The molecule has 0 unspecified atom stereocenters. The van der Waals surface area contributed by atoms with E-state index in [1.807, 2.05) is 9.73 Å². The number of amides is 1. The van der Waals surface area contributed by atoms with Crippen LogP contribution in [0, 0.1) is 12.7 Å². The molecule has 2 N–H and O–H groups in total. The summed E-state index contributed by atoms with van der Waals surface area (Å²) in [7, 11) is -2.12. The van der Waals surface area contributed by atoms with Gasteiger partial charge in [-0.15, -0.1) is 4.83 Å². The first kappa shape index (κ1) is 17.8. The Balaban J connectivity index is 0.00000288. The van der Waals surface area contributed by atoms with E-state index in [0.717, 1.165) is 0 Å². The van der Waals surface area contributed by atoms with Gasteiger partial charge in [0, 0.05) is 29.6 Å². The highest BCUT2D eigenvalue weighted by atomic mass is 32.2. The van der Waals surface area contributed by atoms with E-state index in [4.69, 9.17) is 4.74 Å². The van der Waals surface area contributed by atoms with E-state index in [1.54, 1.807) is 7.11 Å². The second-order valence-corrected chi connectivity index (χ2v) is 7.37. The van der Waals surface area contributed by atoms with Crippen molar-refractivity contribution >= 4 is 15.9 Å². The zero-order valence-electron chi connectivity index (χ0n) is 13.0. The van der Waals surface area contributed by atoms with Crippen LogP contribution in [0.15, 0.2) is 18.2 Å². The highest BCUT2D eigenvalue weighted by molar-refractivity contribution is 7.90. The highest BCUT2D eigenvalue weighted by Crippen LogP contribution is 2.15. The van der Waals surface area contributed by atoms with Crippen LogP contribution in [0.5, 0.6) is 0 Å². The van der Waals surface area contributed by atoms with Crippen molar-refractivity contribution in [3.05, 3.63) is 35.1 Å². The number of nitrogens with zero attached hydrogens (tertiary/aromatic N) is 1. The molecule has 1 saturated heterocycles. The third-order valence-electron chi connectivity index (χ3n) is 3.72. The first-order valence-corrected chi connectivity index (χ1v) is 8.67. The summed E-state index contributed by atoms with van der Waals surface area (Å²) in [6.07, 6.45) is 0. The third-order valence-corrected chi connectivity index (χ3v) is 5.28. The number of hydrazine groups is 1. The molecule has 1 fully saturated rings. The molecular formula is C14H24FN3O4S. The van der Waals surface area contributed by atoms with Crippen LogP contribution in [-0.4, -0.2) is 57.8 Å². The molecular weight excluding hydrogens is 325 g/mol. The average molecular weight is 349 g/mol. The van der Waals surface area contributed by atoms with Gasteiger partial charge in [0.2, 0.25) is 10.0 Å². The zero-order valence-corrected chi connectivity index (χ0v) is 13.8. The van der Waals surface area contributed by atoms with E-state index in [2.05, 4.69) is 5.43 Å². The Bertz CT molecular complexity index is 685. The van der Waals surface area contributed by atoms with Gasteiger partial charge < -0.3 is 4.74 Å². The fourth-order valence-electron chi connectivity index (χ4n) is 2.21. The summed E-state index contributed by atoms with van der Waals surface area (Å²) < 4.78 is 42.8. The lowest BCUT2D eigenvalue weighted by atomic mass is 10.1. The second kappa shape index (κ2) is 7.35. The Morgan fingerprint density at radius 2 is 2.17 bits per heavy atom. The number of carbonyl (C=O) groups excluding carboxylic acids is 1. The molecule has 9 heteroatoms. The minimum absolute atomic E-state index is 0. The second-order valence-electron chi connectivity index (χ2n) is 5.41. The molecule has 0 aliphatic carbocycles. The molecule has 1 heterocycles. The Morgan fingerprint density at radius 1 is 1.48 bits per heavy atom. The molecule has 1 aromatic carbocycles. The standard InChI is InChI=1S/C14H20FN3O4S.2H2/c1-10-4-3-5-12(13(10)15)14(19)16-17-23(20,21)11-8-18(9-11)6-7-22-2;;/h3-5,11,17H,6-9H2,1-2H3,(H,16,19);2*1H. The summed E-state index contributed by atoms with van der Waals surface area (Å²) in [4.78, 5) is 15.9. The molecule has 0 saturated carbocycles. The number of methoxy groups -OCH3 is 1. The quantitative estimate of drug-likeness (QED) is 0.701. The minimum Gasteiger partial charge on any atom is -0.383 e. The Kier molecular flexibility index (Phi) is 5.69. The van der Waals surface area contributed by atoms with Gasteiger partial charge in [0.05, 0.1) is 12.2 Å². The lowest BCUT2D eigenvalue weighted by Crippen LogP contribution is -2.60. The molecule has 1 aromatic rings. The molecule has 0 atom stereocenters. The lowest BCUT2D eigenvalue weighted by molar-refractivity contribution is 0.0938. The molecule has 0 radical (unpaired) electrons. The molecule has 23 heavy (non-hydrogen) atoms. The van der Waals surface area contributed by atoms with Crippen LogP contribution in [0.2, 0.25) is 0 Å². The molecule has 132 valence electrons. The number of hydrogen-bond donors (Lipinski definition) is 2. The molecule has 1 aliphatic heterocycles. The predicted octanol–water partition coefficient (Wildman–Crippen LogP) is 0.521. The van der Waals surface area contributed by atoms with Gasteiger partial charge >= 0.3 is 0 Å². The molecule has 1 amide bonds. The number of sulfonamides is 1. The van der Waals surface area contributed by atoms with Crippen molar-refractivity contribution in [1.82, 2.24) is 15.2 Å². The van der Waals surface area contributed by atoms with Gasteiger partial charge in [0.25, 0.3) is 5.91 Å². The first-order chi connectivity index (χ1) is 10.8. The van der Waals surface area contributed by atoms with Crippen LogP contribution >= 0.6 is 0 Å². The summed E-state index contributed by atoms with van der Waals surface area (Å²) >= 11 is 0. The first-order valence-electron chi connectivity index (χ1n) is 7.12. The number of aryl methyl sites for hydroxylation is 1. The highest BCUT2D eigenvalue weighted by Gasteiger charge is 2.37. The van der Waals surface area contributed by atoms with Crippen molar-refractivity contribution in [2.24, 2.45) is 0 Å². The fraction of sp³-hybridized carbons (Fsp3) is 0.500. The van der Waals surface area contributed by atoms with Crippen molar-refractivity contribution in [3.63, 3.8) is 0 Å². The molecule has 1 aliphatic rings. The number of carbonyl (C=O) groups is 1. The Labute approximate surface area is 137 Å². The third kappa shape index (κ3) is 4.25. The Morgan fingerprint density at radius 3 is 2.83 bits per heavy atom. The van der Waals surface area contributed by atoms with Crippen molar-refractivity contribution in [2.75, 3.05) is 33.4 Å². The number of hydrogen-bond acceptors (Lipinski definition) is 5. The van der Waals surface area contributed by atoms with Gasteiger partial charge in [-0.3, -0.25) is 15.1 Å². The van der Waals surface area contributed by atoms with Gasteiger partial charge in [-0.05, 0) is 18.6 Å². The van der Waals surface area contributed by atoms with Gasteiger partial charge in [-0.1, -0.05) is 12.1 Å². The van der Waals surface area contributed by atoms with E-state index in [-0.39, 0.29) is 8.42 Å². The van der Waals surface area contributed by atoms with Crippen LogP contribution in [0.25, 0.3) is 0 Å². The minimum atomic E-state index is -3.69. The Hall–Kier alpha value is -1.55. The number of rotatable bonds is 7. The lowest BCUT2D eigenvalue weighted by Gasteiger charge is -2.38. The summed E-state index contributed by atoms with van der Waals surface area (Å²) in [6.45, 7) is 3.45. The number of halogens is 1. The van der Waals surface area contributed by atoms with Crippen LogP contribution < -0.4 is 10.3 Å². The molecule has 2 rings (SSSR count). The van der Waals surface area contributed by atoms with Crippen LogP contribution in [0.4, 0.5) is 4.39 Å².